The summed E-state index contributed by atoms with van der Waals surface area (Å²) in [5, 5.41) is 3.14. The molecule has 5 rings (SSSR count). The summed E-state index contributed by atoms with van der Waals surface area (Å²) in [4.78, 5) is 23.5. The number of hydrogen-bond donors (Lipinski definition) is 0. The molecular formula is C30H27ClF4N4OS. The average Bonchev–Trinajstić information content (AvgIpc) is 3.42. The largest absolute Gasteiger partial charge is 0.416 e. The van der Waals surface area contributed by atoms with Crippen molar-refractivity contribution in [3.05, 3.63) is 116 Å². The summed E-state index contributed by atoms with van der Waals surface area (Å²) in [5.74, 6) is -0.495. The number of nitrogens with zero attached hydrogens (tertiary/aromatic N) is 4. The Labute approximate surface area is 244 Å². The van der Waals surface area contributed by atoms with Gasteiger partial charge in [0.2, 0.25) is 0 Å². The van der Waals surface area contributed by atoms with Gasteiger partial charge in [0.05, 0.1) is 12.1 Å². The number of rotatable bonds is 8. The predicted octanol–water partition coefficient (Wildman–Crippen LogP) is 7.12. The fourth-order valence-corrected chi connectivity index (χ4v) is 5.81. The van der Waals surface area contributed by atoms with Gasteiger partial charge in [0, 0.05) is 55.4 Å². The lowest BCUT2D eigenvalue weighted by atomic mass is 10.1. The molecule has 0 bridgehead atoms. The second-order valence-electron chi connectivity index (χ2n) is 9.86. The van der Waals surface area contributed by atoms with E-state index < -0.39 is 11.7 Å². The molecule has 0 saturated carbocycles. The van der Waals surface area contributed by atoms with E-state index in [4.69, 9.17) is 11.6 Å². The molecule has 214 valence electrons. The van der Waals surface area contributed by atoms with Crippen LogP contribution in [0.4, 0.5) is 23.2 Å². The first kappa shape index (κ1) is 29.0. The standard InChI is InChI=1S/C30H27ClF4N4OS/c31-24-5-1-3-22(15-24)18-37(17-21-7-9-25(32)10-8-21)19-28-36-27(20-41-28)29(40)39-13-11-38(12-14-39)26-6-2-4-23(16-26)30(33,34)35/h1-10,15-16,20H,11-14,17-19H2. The smallest absolute Gasteiger partial charge is 0.368 e. The van der Waals surface area contributed by atoms with E-state index in [1.807, 2.05) is 29.2 Å². The number of hydrogen-bond acceptors (Lipinski definition) is 5. The molecule has 1 saturated heterocycles. The highest BCUT2D eigenvalue weighted by Gasteiger charge is 2.31. The number of piperazine rings is 1. The van der Waals surface area contributed by atoms with Crippen molar-refractivity contribution in [1.29, 1.82) is 0 Å². The van der Waals surface area contributed by atoms with Gasteiger partial charge in [-0.05, 0) is 53.6 Å². The van der Waals surface area contributed by atoms with Crippen molar-refractivity contribution in [2.75, 3.05) is 31.1 Å². The van der Waals surface area contributed by atoms with Crippen LogP contribution in [0.25, 0.3) is 0 Å². The van der Waals surface area contributed by atoms with Crippen LogP contribution in [0.3, 0.4) is 0 Å². The minimum absolute atomic E-state index is 0.198. The Morgan fingerprint density at radius 3 is 2.32 bits per heavy atom. The molecule has 1 fully saturated rings. The van der Waals surface area contributed by atoms with E-state index in [0.29, 0.717) is 62.2 Å². The summed E-state index contributed by atoms with van der Waals surface area (Å²) in [7, 11) is 0. The summed E-state index contributed by atoms with van der Waals surface area (Å²) >= 11 is 7.58. The molecule has 41 heavy (non-hydrogen) atoms. The first-order valence-electron chi connectivity index (χ1n) is 13.0. The fraction of sp³-hybridized carbons (Fsp3) is 0.267. The van der Waals surface area contributed by atoms with E-state index in [1.165, 1.54) is 29.5 Å². The van der Waals surface area contributed by atoms with Gasteiger partial charge in [-0.25, -0.2) is 9.37 Å². The normalized spacial score (nSPS) is 14.1. The third kappa shape index (κ3) is 7.63. The van der Waals surface area contributed by atoms with E-state index in [-0.39, 0.29) is 11.7 Å². The van der Waals surface area contributed by atoms with Crippen LogP contribution in [0.15, 0.2) is 78.2 Å². The maximum absolute atomic E-state index is 13.4. The van der Waals surface area contributed by atoms with Crippen LogP contribution >= 0.6 is 22.9 Å². The van der Waals surface area contributed by atoms with Crippen LogP contribution in [-0.4, -0.2) is 46.9 Å². The molecule has 0 radical (unpaired) electrons. The number of anilines is 1. The van der Waals surface area contributed by atoms with Crippen molar-refractivity contribution < 1.29 is 22.4 Å². The first-order valence-corrected chi connectivity index (χ1v) is 14.3. The molecule has 1 amide bonds. The monoisotopic (exact) mass is 602 g/mol. The maximum Gasteiger partial charge on any atom is 0.416 e. The molecule has 0 N–H and O–H groups in total. The molecule has 2 heterocycles. The number of carbonyl (C=O) groups is 1. The topological polar surface area (TPSA) is 39.7 Å². The third-order valence-electron chi connectivity index (χ3n) is 6.85. The van der Waals surface area contributed by atoms with Gasteiger partial charge >= 0.3 is 6.18 Å². The van der Waals surface area contributed by atoms with E-state index in [1.54, 1.807) is 28.5 Å². The summed E-state index contributed by atoms with van der Waals surface area (Å²) in [6, 6.07) is 19.2. The number of alkyl halides is 3. The number of carbonyl (C=O) groups excluding carboxylic acids is 1. The zero-order chi connectivity index (χ0) is 29.0. The van der Waals surface area contributed by atoms with Gasteiger partial charge in [0.25, 0.3) is 5.91 Å². The predicted molar refractivity (Wildman–Crippen MR) is 152 cm³/mol. The highest BCUT2D eigenvalue weighted by molar-refractivity contribution is 7.09. The molecule has 1 aromatic heterocycles. The third-order valence-corrected chi connectivity index (χ3v) is 7.92. The van der Waals surface area contributed by atoms with Crippen LogP contribution in [0.2, 0.25) is 5.02 Å². The summed E-state index contributed by atoms with van der Waals surface area (Å²) < 4.78 is 52.8. The zero-order valence-corrected chi connectivity index (χ0v) is 23.5. The second-order valence-corrected chi connectivity index (χ2v) is 11.2. The number of benzene rings is 3. The lowest BCUT2D eigenvalue weighted by Gasteiger charge is -2.36. The molecular weight excluding hydrogens is 576 g/mol. The van der Waals surface area contributed by atoms with E-state index >= 15 is 0 Å². The van der Waals surface area contributed by atoms with Crippen LogP contribution in [-0.2, 0) is 25.8 Å². The van der Waals surface area contributed by atoms with Gasteiger partial charge in [-0.15, -0.1) is 11.3 Å². The Kier molecular flexibility index (Phi) is 8.91. The van der Waals surface area contributed by atoms with E-state index in [0.717, 1.165) is 28.3 Å². The average molecular weight is 603 g/mol. The molecule has 0 atom stereocenters. The molecule has 11 heteroatoms. The number of aromatic nitrogens is 1. The van der Waals surface area contributed by atoms with Crippen LogP contribution in [0.5, 0.6) is 0 Å². The first-order chi connectivity index (χ1) is 19.6. The maximum atomic E-state index is 13.4. The number of halogens is 5. The molecule has 0 aliphatic carbocycles. The lowest BCUT2D eigenvalue weighted by Crippen LogP contribution is -2.49. The van der Waals surface area contributed by atoms with Crippen molar-refractivity contribution in [3.8, 4) is 0 Å². The summed E-state index contributed by atoms with van der Waals surface area (Å²) in [6.07, 6.45) is -4.40. The van der Waals surface area contributed by atoms with Gasteiger partial charge in [-0.2, -0.15) is 13.2 Å². The van der Waals surface area contributed by atoms with E-state index in [9.17, 15) is 22.4 Å². The molecule has 0 spiro atoms. The Balaban J connectivity index is 1.23. The molecule has 3 aromatic carbocycles. The number of thiazole rings is 1. The van der Waals surface area contributed by atoms with Crippen molar-refractivity contribution in [2.45, 2.75) is 25.8 Å². The van der Waals surface area contributed by atoms with Crippen LogP contribution in [0, 0.1) is 5.82 Å². The second kappa shape index (κ2) is 12.6. The molecule has 4 aromatic rings. The Morgan fingerprint density at radius 1 is 0.902 bits per heavy atom. The number of amides is 1. The van der Waals surface area contributed by atoms with Crippen LogP contribution < -0.4 is 4.90 Å². The highest BCUT2D eigenvalue weighted by Crippen LogP contribution is 2.32. The highest BCUT2D eigenvalue weighted by atomic mass is 35.5. The Hall–Kier alpha value is -3.47. The van der Waals surface area contributed by atoms with E-state index in [2.05, 4.69) is 9.88 Å². The molecule has 1 aliphatic heterocycles. The van der Waals surface area contributed by atoms with Gasteiger partial charge in [-0.1, -0.05) is 41.9 Å². The van der Waals surface area contributed by atoms with Crippen molar-refractivity contribution in [2.24, 2.45) is 0 Å². The fourth-order valence-electron chi connectivity index (χ4n) is 4.79. The van der Waals surface area contributed by atoms with Gasteiger partial charge in [0.15, 0.2) is 0 Å². The van der Waals surface area contributed by atoms with Gasteiger partial charge in [0.1, 0.15) is 16.5 Å². The minimum Gasteiger partial charge on any atom is -0.368 e. The van der Waals surface area contributed by atoms with Crippen molar-refractivity contribution >= 4 is 34.5 Å². The van der Waals surface area contributed by atoms with Gasteiger partial charge < -0.3 is 9.80 Å². The molecule has 1 aliphatic rings. The zero-order valence-electron chi connectivity index (χ0n) is 22.0. The van der Waals surface area contributed by atoms with Crippen LogP contribution in [0.1, 0.15) is 32.2 Å². The SMILES string of the molecule is O=C(c1csc(CN(Cc2ccc(F)cc2)Cc2cccc(Cl)c2)n1)N1CCN(c2cccc(C(F)(F)F)c2)CC1. The lowest BCUT2D eigenvalue weighted by molar-refractivity contribution is -0.137. The Morgan fingerprint density at radius 2 is 1.61 bits per heavy atom. The molecule has 0 unspecified atom stereocenters. The van der Waals surface area contributed by atoms with Gasteiger partial charge in [-0.3, -0.25) is 9.69 Å². The minimum atomic E-state index is -4.40. The van der Waals surface area contributed by atoms with Crippen molar-refractivity contribution in [3.63, 3.8) is 0 Å². The quantitative estimate of drug-likeness (QED) is 0.201. The van der Waals surface area contributed by atoms with Crippen molar-refractivity contribution in [1.82, 2.24) is 14.8 Å². The molecule has 5 nitrogen and oxygen atoms in total. The Bertz CT molecular complexity index is 1490. The summed E-state index contributed by atoms with van der Waals surface area (Å²) in [6.45, 7) is 3.22. The summed E-state index contributed by atoms with van der Waals surface area (Å²) in [5.41, 5.74) is 2.12.